The lowest BCUT2D eigenvalue weighted by atomic mass is 10.1. The second-order valence-corrected chi connectivity index (χ2v) is 8.84. The Morgan fingerprint density at radius 2 is 1.53 bits per heavy atom. The van der Waals surface area contributed by atoms with E-state index in [1.165, 1.54) is 19.2 Å². The summed E-state index contributed by atoms with van der Waals surface area (Å²) < 4.78 is 38.0. The topological polar surface area (TPSA) is 93.7 Å². The van der Waals surface area contributed by atoms with Crippen LogP contribution in [0.25, 0.3) is 0 Å². The molecule has 8 heteroatoms. The van der Waals surface area contributed by atoms with Gasteiger partial charge in [0.2, 0.25) is 15.9 Å². The van der Waals surface area contributed by atoms with Gasteiger partial charge in [0.25, 0.3) is 0 Å². The van der Waals surface area contributed by atoms with Crippen molar-refractivity contribution in [2.45, 2.75) is 17.7 Å². The van der Waals surface area contributed by atoms with E-state index in [9.17, 15) is 13.2 Å². The van der Waals surface area contributed by atoms with E-state index >= 15 is 0 Å². The van der Waals surface area contributed by atoms with Crippen molar-refractivity contribution in [2.24, 2.45) is 0 Å². The maximum absolute atomic E-state index is 12.5. The van der Waals surface area contributed by atoms with E-state index in [1.54, 1.807) is 37.4 Å². The fourth-order valence-electron chi connectivity index (χ4n) is 3.16. The van der Waals surface area contributed by atoms with Gasteiger partial charge in [0, 0.05) is 12.2 Å². The van der Waals surface area contributed by atoms with Crippen molar-refractivity contribution >= 4 is 21.6 Å². The van der Waals surface area contributed by atoms with Crippen LogP contribution in [-0.2, 0) is 27.7 Å². The van der Waals surface area contributed by atoms with Gasteiger partial charge in [-0.25, -0.2) is 13.1 Å². The zero-order valence-electron chi connectivity index (χ0n) is 18.0. The average molecular weight is 455 g/mol. The summed E-state index contributed by atoms with van der Waals surface area (Å²) in [7, 11) is -0.543. The molecule has 1 amide bonds. The first-order valence-electron chi connectivity index (χ1n) is 10.1. The first kappa shape index (κ1) is 23.3. The number of nitrogens with one attached hydrogen (secondary N) is 2. The predicted molar refractivity (Wildman–Crippen MR) is 124 cm³/mol. The number of anilines is 1. The van der Waals surface area contributed by atoms with Crippen molar-refractivity contribution in [3.05, 3.63) is 83.9 Å². The molecule has 3 aromatic carbocycles. The summed E-state index contributed by atoms with van der Waals surface area (Å²) >= 11 is 0. The Hall–Kier alpha value is -3.36. The van der Waals surface area contributed by atoms with Gasteiger partial charge in [-0.3, -0.25) is 4.79 Å². The number of methoxy groups -OCH3 is 2. The summed E-state index contributed by atoms with van der Waals surface area (Å²) in [5.41, 5.74) is 2.34. The molecule has 168 valence electrons. The summed E-state index contributed by atoms with van der Waals surface area (Å²) in [4.78, 5) is 12.5. The molecule has 0 aromatic heterocycles. The molecule has 0 spiro atoms. The van der Waals surface area contributed by atoms with E-state index in [-0.39, 0.29) is 17.2 Å². The van der Waals surface area contributed by atoms with Crippen molar-refractivity contribution < 1.29 is 22.7 Å². The zero-order chi connectivity index (χ0) is 23.0. The van der Waals surface area contributed by atoms with Crippen molar-refractivity contribution in [1.82, 2.24) is 4.72 Å². The number of ether oxygens (including phenoxy) is 2. The standard InChI is InChI=1S/C24H26N2O5S/c1-30-22-13-8-19(16-23(22)31-2)17-24(27)26-20-9-11-21(12-10-20)32(28,29)25-15-14-18-6-4-3-5-7-18/h3-13,16,25H,14-15,17H2,1-2H3,(H,26,27). The van der Waals surface area contributed by atoms with Crippen LogP contribution in [0, 0.1) is 0 Å². The van der Waals surface area contributed by atoms with Gasteiger partial charge in [0.05, 0.1) is 25.5 Å². The number of hydrogen-bond donors (Lipinski definition) is 2. The van der Waals surface area contributed by atoms with Crippen LogP contribution < -0.4 is 19.5 Å². The lowest BCUT2D eigenvalue weighted by Gasteiger charge is -2.11. The molecule has 0 radical (unpaired) electrons. The molecular formula is C24H26N2O5S. The van der Waals surface area contributed by atoms with Crippen molar-refractivity contribution in [3.63, 3.8) is 0 Å². The smallest absolute Gasteiger partial charge is 0.240 e. The fourth-order valence-corrected chi connectivity index (χ4v) is 4.19. The quantitative estimate of drug-likeness (QED) is 0.490. The first-order valence-corrected chi connectivity index (χ1v) is 11.5. The van der Waals surface area contributed by atoms with Crippen LogP contribution in [0.15, 0.2) is 77.7 Å². The molecule has 0 fully saturated rings. The summed E-state index contributed by atoms with van der Waals surface area (Å²) in [6.45, 7) is 0.302. The Balaban J connectivity index is 1.56. The number of carbonyl (C=O) groups is 1. The average Bonchev–Trinajstić information content (AvgIpc) is 2.80. The minimum atomic E-state index is -3.63. The molecule has 0 aliphatic rings. The molecule has 3 aromatic rings. The normalized spacial score (nSPS) is 11.1. The van der Waals surface area contributed by atoms with Gasteiger partial charge >= 0.3 is 0 Å². The third kappa shape index (κ3) is 6.32. The second kappa shape index (κ2) is 10.8. The number of benzene rings is 3. The summed E-state index contributed by atoms with van der Waals surface area (Å²) in [5, 5.41) is 2.77. The van der Waals surface area contributed by atoms with E-state index in [4.69, 9.17) is 9.47 Å². The lowest BCUT2D eigenvalue weighted by molar-refractivity contribution is -0.115. The molecule has 32 heavy (non-hydrogen) atoms. The zero-order valence-corrected chi connectivity index (χ0v) is 18.8. The van der Waals surface area contributed by atoms with Gasteiger partial charge in [0.1, 0.15) is 0 Å². The molecule has 0 aliphatic heterocycles. The van der Waals surface area contributed by atoms with Gasteiger partial charge in [0.15, 0.2) is 11.5 Å². The van der Waals surface area contributed by atoms with E-state index in [1.807, 2.05) is 30.3 Å². The Morgan fingerprint density at radius 1 is 0.844 bits per heavy atom. The summed E-state index contributed by atoms with van der Waals surface area (Å²) in [6, 6.07) is 21.0. The Morgan fingerprint density at radius 3 is 2.19 bits per heavy atom. The number of amides is 1. The van der Waals surface area contributed by atoms with Gasteiger partial charge < -0.3 is 14.8 Å². The monoisotopic (exact) mass is 454 g/mol. The lowest BCUT2D eigenvalue weighted by Crippen LogP contribution is -2.26. The maximum atomic E-state index is 12.5. The minimum Gasteiger partial charge on any atom is -0.493 e. The molecule has 0 heterocycles. The van der Waals surface area contributed by atoms with Gasteiger partial charge in [-0.1, -0.05) is 36.4 Å². The molecule has 2 N–H and O–H groups in total. The molecule has 0 aliphatic carbocycles. The molecule has 7 nitrogen and oxygen atoms in total. The van der Waals surface area contributed by atoms with Gasteiger partial charge in [-0.05, 0) is 53.9 Å². The predicted octanol–water partition coefficient (Wildman–Crippen LogP) is 3.41. The Bertz CT molecular complexity index is 1150. The third-order valence-electron chi connectivity index (χ3n) is 4.81. The number of carbonyl (C=O) groups excluding carboxylic acids is 1. The first-order chi connectivity index (χ1) is 15.4. The molecule has 0 bridgehead atoms. The molecule has 0 saturated carbocycles. The highest BCUT2D eigenvalue weighted by molar-refractivity contribution is 7.89. The second-order valence-electron chi connectivity index (χ2n) is 7.07. The number of sulfonamides is 1. The van der Waals surface area contributed by atoms with E-state index in [2.05, 4.69) is 10.0 Å². The largest absolute Gasteiger partial charge is 0.493 e. The highest BCUT2D eigenvalue weighted by Gasteiger charge is 2.14. The van der Waals surface area contributed by atoms with Crippen LogP contribution in [0.2, 0.25) is 0 Å². The SMILES string of the molecule is COc1ccc(CC(=O)Nc2ccc(S(=O)(=O)NCCc3ccccc3)cc2)cc1OC. The number of hydrogen-bond acceptors (Lipinski definition) is 5. The summed E-state index contributed by atoms with van der Waals surface area (Å²) in [6.07, 6.45) is 0.742. The Labute approximate surface area is 188 Å². The van der Waals surface area contributed by atoms with Crippen LogP contribution in [0.3, 0.4) is 0 Å². The summed E-state index contributed by atoms with van der Waals surface area (Å²) in [5.74, 6) is 0.909. The van der Waals surface area contributed by atoms with Crippen LogP contribution in [0.1, 0.15) is 11.1 Å². The molecule has 0 atom stereocenters. The Kier molecular flexibility index (Phi) is 7.86. The highest BCUT2D eigenvalue weighted by atomic mass is 32.2. The van der Waals surface area contributed by atoms with Crippen LogP contribution in [-0.4, -0.2) is 35.1 Å². The van der Waals surface area contributed by atoms with Crippen LogP contribution in [0.5, 0.6) is 11.5 Å². The molecule has 3 rings (SSSR count). The van der Waals surface area contributed by atoms with Crippen LogP contribution >= 0.6 is 0 Å². The van der Waals surface area contributed by atoms with Crippen molar-refractivity contribution in [1.29, 1.82) is 0 Å². The third-order valence-corrected chi connectivity index (χ3v) is 6.29. The van der Waals surface area contributed by atoms with Crippen molar-refractivity contribution in [2.75, 3.05) is 26.1 Å². The fraction of sp³-hybridized carbons (Fsp3) is 0.208. The minimum absolute atomic E-state index is 0.140. The molecule has 0 unspecified atom stereocenters. The van der Waals surface area contributed by atoms with E-state index < -0.39 is 10.0 Å². The van der Waals surface area contributed by atoms with Crippen LogP contribution in [0.4, 0.5) is 5.69 Å². The van der Waals surface area contributed by atoms with Gasteiger partial charge in [-0.2, -0.15) is 0 Å². The molecule has 0 saturated heterocycles. The highest BCUT2D eigenvalue weighted by Crippen LogP contribution is 2.27. The van der Waals surface area contributed by atoms with Crippen molar-refractivity contribution in [3.8, 4) is 11.5 Å². The maximum Gasteiger partial charge on any atom is 0.240 e. The van der Waals surface area contributed by atoms with Gasteiger partial charge in [-0.15, -0.1) is 0 Å². The molecular weight excluding hydrogens is 428 g/mol. The van der Waals surface area contributed by atoms with E-state index in [0.29, 0.717) is 30.2 Å². The van der Waals surface area contributed by atoms with E-state index in [0.717, 1.165) is 11.1 Å². The number of rotatable bonds is 10.